The highest BCUT2D eigenvalue weighted by Gasteiger charge is 2.19. The van der Waals surface area contributed by atoms with Crippen LogP contribution in [0.4, 0.5) is 0 Å². The van der Waals surface area contributed by atoms with Crippen LogP contribution < -0.4 is 10.1 Å². The maximum absolute atomic E-state index is 12.7. The molecule has 152 valence electrons. The summed E-state index contributed by atoms with van der Waals surface area (Å²) in [6.07, 6.45) is 3.77. The van der Waals surface area contributed by atoms with Crippen molar-refractivity contribution in [2.75, 3.05) is 0 Å². The Morgan fingerprint density at radius 3 is 2.57 bits per heavy atom. The van der Waals surface area contributed by atoms with Gasteiger partial charge in [-0.25, -0.2) is 4.98 Å². The second-order valence-corrected chi connectivity index (χ2v) is 7.22. The van der Waals surface area contributed by atoms with E-state index in [2.05, 4.69) is 10.3 Å². The maximum Gasteiger partial charge on any atom is 0.261 e. The maximum atomic E-state index is 12.7. The van der Waals surface area contributed by atoms with Gasteiger partial charge in [0.2, 0.25) is 0 Å². The fourth-order valence-corrected chi connectivity index (χ4v) is 3.50. The van der Waals surface area contributed by atoms with E-state index in [4.69, 9.17) is 4.74 Å². The zero-order valence-electron chi connectivity index (χ0n) is 17.2. The Labute approximate surface area is 176 Å². The van der Waals surface area contributed by atoms with E-state index in [0.717, 1.165) is 33.6 Å². The van der Waals surface area contributed by atoms with Gasteiger partial charge in [0.1, 0.15) is 11.6 Å². The molecule has 0 spiro atoms. The van der Waals surface area contributed by atoms with E-state index in [-0.39, 0.29) is 5.91 Å². The number of hydrogen-bond acceptors (Lipinski definition) is 3. The van der Waals surface area contributed by atoms with E-state index in [1.54, 1.807) is 6.20 Å². The number of aromatic nitrogens is 2. The van der Waals surface area contributed by atoms with Crippen molar-refractivity contribution in [1.82, 2.24) is 14.9 Å². The Balaban J connectivity index is 1.40. The molecule has 30 heavy (non-hydrogen) atoms. The lowest BCUT2D eigenvalue weighted by atomic mass is 10.1. The van der Waals surface area contributed by atoms with Gasteiger partial charge in [0, 0.05) is 30.0 Å². The van der Waals surface area contributed by atoms with Crippen molar-refractivity contribution >= 4 is 16.7 Å². The number of amides is 1. The van der Waals surface area contributed by atoms with Crippen LogP contribution in [0.3, 0.4) is 0 Å². The Morgan fingerprint density at radius 2 is 1.83 bits per heavy atom. The lowest BCUT2D eigenvalue weighted by Crippen LogP contribution is -2.37. The molecule has 0 saturated heterocycles. The number of benzene rings is 3. The summed E-state index contributed by atoms with van der Waals surface area (Å²) >= 11 is 0. The van der Waals surface area contributed by atoms with Gasteiger partial charge in [-0.1, -0.05) is 55.5 Å². The molecule has 0 aliphatic heterocycles. The van der Waals surface area contributed by atoms with Crippen molar-refractivity contribution in [2.45, 2.75) is 32.9 Å². The van der Waals surface area contributed by atoms with Crippen LogP contribution in [0.1, 0.15) is 24.7 Å². The molecule has 0 bridgehead atoms. The fourth-order valence-electron chi connectivity index (χ4n) is 3.50. The SMILES string of the molecule is CCC(Oc1cccc2ccccc12)C(=O)NCc1ccc(-n2ccnc2C)cc1. The molecule has 4 rings (SSSR count). The minimum atomic E-state index is -0.538. The molecular formula is C25H25N3O2. The number of nitrogens with one attached hydrogen (secondary N) is 1. The first kappa shape index (κ1) is 19.7. The molecule has 5 nitrogen and oxygen atoms in total. The third kappa shape index (κ3) is 4.20. The van der Waals surface area contributed by atoms with Gasteiger partial charge in [-0.2, -0.15) is 0 Å². The molecule has 0 aliphatic rings. The van der Waals surface area contributed by atoms with E-state index >= 15 is 0 Å². The highest BCUT2D eigenvalue weighted by molar-refractivity contribution is 5.89. The van der Waals surface area contributed by atoms with Crippen molar-refractivity contribution in [3.05, 3.63) is 90.5 Å². The molecule has 0 radical (unpaired) electrons. The normalized spacial score (nSPS) is 11.9. The highest BCUT2D eigenvalue weighted by atomic mass is 16.5. The number of ether oxygens (including phenoxy) is 1. The standard InChI is InChI=1S/C25H25N3O2/c1-3-23(30-24-10-6-8-20-7-4-5-9-22(20)24)25(29)27-17-19-11-13-21(14-12-19)28-16-15-26-18(28)2/h4-16,23H,3,17H2,1-2H3,(H,27,29). The van der Waals surface area contributed by atoms with Gasteiger partial charge in [0.25, 0.3) is 5.91 Å². The lowest BCUT2D eigenvalue weighted by molar-refractivity contribution is -0.128. The van der Waals surface area contributed by atoms with Crippen LogP contribution >= 0.6 is 0 Å². The number of hydrogen-bond donors (Lipinski definition) is 1. The van der Waals surface area contributed by atoms with Gasteiger partial charge in [0.15, 0.2) is 6.10 Å². The predicted molar refractivity (Wildman–Crippen MR) is 119 cm³/mol. The average Bonchev–Trinajstić information content (AvgIpc) is 3.22. The summed E-state index contributed by atoms with van der Waals surface area (Å²) in [6, 6.07) is 22.0. The zero-order valence-corrected chi connectivity index (χ0v) is 17.2. The third-order valence-corrected chi connectivity index (χ3v) is 5.19. The second-order valence-electron chi connectivity index (χ2n) is 7.22. The molecule has 1 heterocycles. The van der Waals surface area contributed by atoms with Crippen molar-refractivity contribution in [3.8, 4) is 11.4 Å². The number of nitrogens with zero attached hydrogens (tertiary/aromatic N) is 2. The number of rotatable bonds is 7. The molecule has 4 aromatic rings. The van der Waals surface area contributed by atoms with Crippen molar-refractivity contribution < 1.29 is 9.53 Å². The minimum absolute atomic E-state index is 0.111. The zero-order chi connectivity index (χ0) is 20.9. The third-order valence-electron chi connectivity index (χ3n) is 5.19. The van der Waals surface area contributed by atoms with E-state index < -0.39 is 6.10 Å². The number of imidazole rings is 1. The first-order chi connectivity index (χ1) is 14.7. The highest BCUT2D eigenvalue weighted by Crippen LogP contribution is 2.26. The predicted octanol–water partition coefficient (Wildman–Crippen LogP) is 4.81. The molecule has 0 fully saturated rings. The topological polar surface area (TPSA) is 56.1 Å². The van der Waals surface area contributed by atoms with Crippen LogP contribution in [0.2, 0.25) is 0 Å². The van der Waals surface area contributed by atoms with E-state index in [0.29, 0.717) is 13.0 Å². The molecule has 0 aliphatic carbocycles. The molecule has 1 unspecified atom stereocenters. The van der Waals surface area contributed by atoms with Crippen molar-refractivity contribution in [3.63, 3.8) is 0 Å². The summed E-state index contributed by atoms with van der Waals surface area (Å²) < 4.78 is 8.11. The molecule has 1 amide bonds. The molecule has 1 aromatic heterocycles. The largest absolute Gasteiger partial charge is 0.480 e. The monoisotopic (exact) mass is 399 g/mol. The molecule has 1 atom stereocenters. The first-order valence-corrected chi connectivity index (χ1v) is 10.2. The number of carbonyl (C=O) groups excluding carboxylic acids is 1. The first-order valence-electron chi connectivity index (χ1n) is 10.2. The van der Waals surface area contributed by atoms with Crippen LogP contribution in [0.15, 0.2) is 79.1 Å². The quantitative estimate of drug-likeness (QED) is 0.485. The smallest absolute Gasteiger partial charge is 0.261 e. The van der Waals surface area contributed by atoms with Crippen LogP contribution in [-0.2, 0) is 11.3 Å². The van der Waals surface area contributed by atoms with Crippen LogP contribution in [0.25, 0.3) is 16.5 Å². The van der Waals surface area contributed by atoms with Crippen LogP contribution in [-0.4, -0.2) is 21.6 Å². The van der Waals surface area contributed by atoms with Gasteiger partial charge in [-0.15, -0.1) is 0 Å². The Bertz CT molecular complexity index is 1140. The lowest BCUT2D eigenvalue weighted by Gasteiger charge is -2.18. The van der Waals surface area contributed by atoms with Gasteiger partial charge in [-0.05, 0) is 42.5 Å². The van der Waals surface area contributed by atoms with Crippen LogP contribution in [0, 0.1) is 6.92 Å². The summed E-state index contributed by atoms with van der Waals surface area (Å²) in [5, 5.41) is 5.11. The Kier molecular flexibility index (Phi) is 5.80. The second kappa shape index (κ2) is 8.82. The summed E-state index contributed by atoms with van der Waals surface area (Å²) in [5.41, 5.74) is 2.08. The van der Waals surface area contributed by atoms with E-state index in [1.807, 2.05) is 91.3 Å². The molecule has 3 aromatic carbocycles. The number of carbonyl (C=O) groups is 1. The van der Waals surface area contributed by atoms with Gasteiger partial charge in [0.05, 0.1) is 0 Å². The van der Waals surface area contributed by atoms with Gasteiger partial charge in [-0.3, -0.25) is 4.79 Å². The average molecular weight is 399 g/mol. The van der Waals surface area contributed by atoms with Crippen molar-refractivity contribution in [2.24, 2.45) is 0 Å². The molecule has 1 N–H and O–H groups in total. The molecule has 5 heteroatoms. The Hall–Kier alpha value is -3.60. The minimum Gasteiger partial charge on any atom is -0.480 e. The van der Waals surface area contributed by atoms with Gasteiger partial charge < -0.3 is 14.6 Å². The van der Waals surface area contributed by atoms with Crippen molar-refractivity contribution in [1.29, 1.82) is 0 Å². The van der Waals surface area contributed by atoms with E-state index in [1.165, 1.54) is 0 Å². The number of aryl methyl sites for hydroxylation is 1. The Morgan fingerprint density at radius 1 is 1.07 bits per heavy atom. The van der Waals surface area contributed by atoms with Crippen LogP contribution in [0.5, 0.6) is 5.75 Å². The molecule has 0 saturated carbocycles. The summed E-state index contributed by atoms with van der Waals surface area (Å²) in [6.45, 7) is 4.38. The fraction of sp³-hybridized carbons (Fsp3) is 0.200. The summed E-state index contributed by atoms with van der Waals surface area (Å²) in [4.78, 5) is 17.0. The summed E-state index contributed by atoms with van der Waals surface area (Å²) in [5.74, 6) is 1.56. The van der Waals surface area contributed by atoms with E-state index in [9.17, 15) is 4.79 Å². The number of fused-ring (bicyclic) bond motifs is 1. The van der Waals surface area contributed by atoms with Gasteiger partial charge >= 0.3 is 0 Å². The molecular weight excluding hydrogens is 374 g/mol. The summed E-state index contributed by atoms with van der Waals surface area (Å²) in [7, 11) is 0.